The van der Waals surface area contributed by atoms with E-state index in [9.17, 15) is 4.79 Å². The molecule has 4 rings (SSSR count). The molecule has 22 heavy (non-hydrogen) atoms. The summed E-state index contributed by atoms with van der Waals surface area (Å²) in [5.74, 6) is 0.874. The van der Waals surface area contributed by atoms with Crippen molar-refractivity contribution >= 4 is 5.91 Å². The number of ether oxygens (including phenoxy) is 1. The van der Waals surface area contributed by atoms with E-state index >= 15 is 0 Å². The zero-order valence-corrected chi connectivity index (χ0v) is 12.2. The number of aryl methyl sites for hydroxylation is 1. The van der Waals surface area contributed by atoms with Crippen molar-refractivity contribution in [1.29, 1.82) is 0 Å². The number of carbonyl (C=O) groups excluding carboxylic acids is 1. The van der Waals surface area contributed by atoms with Crippen molar-refractivity contribution in [3.05, 3.63) is 35.5 Å². The van der Waals surface area contributed by atoms with Crippen molar-refractivity contribution in [2.75, 3.05) is 13.2 Å². The minimum Gasteiger partial charge on any atom is -0.468 e. The van der Waals surface area contributed by atoms with Crippen molar-refractivity contribution in [2.45, 2.75) is 37.8 Å². The van der Waals surface area contributed by atoms with Gasteiger partial charge in [0.2, 0.25) is 0 Å². The zero-order chi connectivity index (χ0) is 14.9. The molecule has 1 saturated heterocycles. The lowest BCUT2D eigenvalue weighted by Crippen LogP contribution is -2.41. The minimum absolute atomic E-state index is 0.0193. The van der Waals surface area contributed by atoms with E-state index in [1.807, 2.05) is 0 Å². The van der Waals surface area contributed by atoms with Crippen molar-refractivity contribution < 1.29 is 13.9 Å². The number of furan rings is 1. The van der Waals surface area contributed by atoms with Crippen LogP contribution in [0.5, 0.6) is 0 Å². The van der Waals surface area contributed by atoms with E-state index in [1.165, 1.54) is 0 Å². The number of nitrogens with zero attached hydrogens (tertiary/aromatic N) is 3. The smallest absolute Gasteiger partial charge is 0.255 e. The number of nitrogens with one attached hydrogen (secondary N) is 1. The van der Waals surface area contributed by atoms with Gasteiger partial charge in [0.25, 0.3) is 5.91 Å². The van der Waals surface area contributed by atoms with Gasteiger partial charge in [0.15, 0.2) is 0 Å². The standard InChI is InChI=1S/C15H18N4O3/c20-15(11-7-22-14-4-2-1-3-10(11)14)17-12-8-21-9-13(12)19-6-5-16-18-19/h5-7,12-13H,1-4,8-9H2,(H,17,20)/t12-,13+/m1/s1. The van der Waals surface area contributed by atoms with Crippen LogP contribution >= 0.6 is 0 Å². The molecule has 1 amide bonds. The van der Waals surface area contributed by atoms with Gasteiger partial charge in [0.05, 0.1) is 37.1 Å². The first-order valence-corrected chi connectivity index (χ1v) is 7.66. The molecule has 0 saturated carbocycles. The highest BCUT2D eigenvalue weighted by atomic mass is 16.5. The lowest BCUT2D eigenvalue weighted by atomic mass is 9.95. The highest BCUT2D eigenvalue weighted by Crippen LogP contribution is 2.27. The molecule has 1 aliphatic heterocycles. The van der Waals surface area contributed by atoms with E-state index in [1.54, 1.807) is 23.3 Å². The molecular formula is C15H18N4O3. The average molecular weight is 302 g/mol. The number of hydrogen-bond acceptors (Lipinski definition) is 5. The molecule has 2 aliphatic rings. The van der Waals surface area contributed by atoms with E-state index in [2.05, 4.69) is 15.6 Å². The summed E-state index contributed by atoms with van der Waals surface area (Å²) in [6, 6.07) is -0.127. The molecule has 2 aromatic rings. The van der Waals surface area contributed by atoms with Crippen molar-refractivity contribution in [3.8, 4) is 0 Å². The number of amides is 1. The first-order valence-electron chi connectivity index (χ1n) is 7.66. The zero-order valence-electron chi connectivity index (χ0n) is 12.2. The summed E-state index contributed by atoms with van der Waals surface area (Å²) >= 11 is 0. The van der Waals surface area contributed by atoms with Gasteiger partial charge in [-0.25, -0.2) is 4.68 Å². The van der Waals surface area contributed by atoms with Crippen molar-refractivity contribution in [2.24, 2.45) is 0 Å². The third-order valence-electron chi connectivity index (χ3n) is 4.45. The van der Waals surface area contributed by atoms with E-state index < -0.39 is 0 Å². The van der Waals surface area contributed by atoms with Gasteiger partial charge in [-0.05, 0) is 19.3 Å². The van der Waals surface area contributed by atoms with Crippen LogP contribution in [-0.4, -0.2) is 40.2 Å². The fourth-order valence-electron chi connectivity index (χ4n) is 3.27. The first-order chi connectivity index (χ1) is 10.8. The molecule has 1 fully saturated rings. The SMILES string of the molecule is O=C(N[C@@H]1COC[C@@H]1n1ccnn1)c1coc2c1CCCC2. The Bertz CT molecular complexity index is 664. The topological polar surface area (TPSA) is 82.2 Å². The van der Waals surface area contributed by atoms with Crippen LogP contribution in [0.1, 0.15) is 40.6 Å². The van der Waals surface area contributed by atoms with Gasteiger partial charge in [0, 0.05) is 18.2 Å². The van der Waals surface area contributed by atoms with E-state index in [0.717, 1.165) is 37.0 Å². The van der Waals surface area contributed by atoms with Gasteiger partial charge in [-0.3, -0.25) is 4.79 Å². The average Bonchev–Trinajstić information content (AvgIpc) is 3.27. The van der Waals surface area contributed by atoms with E-state index in [0.29, 0.717) is 18.8 Å². The fourth-order valence-corrected chi connectivity index (χ4v) is 3.27. The Morgan fingerprint density at radius 1 is 1.32 bits per heavy atom. The molecule has 0 bridgehead atoms. The Labute approximate surface area is 127 Å². The van der Waals surface area contributed by atoms with E-state index in [4.69, 9.17) is 9.15 Å². The van der Waals surface area contributed by atoms with Crippen LogP contribution in [0, 0.1) is 0 Å². The molecule has 0 unspecified atom stereocenters. The number of carbonyl (C=O) groups is 1. The molecule has 0 radical (unpaired) electrons. The summed E-state index contributed by atoms with van der Waals surface area (Å²) in [6.45, 7) is 1.01. The summed E-state index contributed by atoms with van der Waals surface area (Å²) in [5, 5.41) is 10.9. The Morgan fingerprint density at radius 2 is 2.23 bits per heavy atom. The second-order valence-electron chi connectivity index (χ2n) is 5.83. The van der Waals surface area contributed by atoms with Crippen LogP contribution in [0.15, 0.2) is 23.1 Å². The lowest BCUT2D eigenvalue weighted by Gasteiger charge is -2.19. The molecule has 3 heterocycles. The molecule has 0 aromatic carbocycles. The number of rotatable bonds is 3. The Morgan fingerprint density at radius 3 is 3.09 bits per heavy atom. The predicted molar refractivity (Wildman–Crippen MR) is 76.5 cm³/mol. The second-order valence-corrected chi connectivity index (χ2v) is 5.83. The molecular weight excluding hydrogens is 284 g/mol. The molecule has 7 nitrogen and oxygen atoms in total. The summed E-state index contributed by atoms with van der Waals surface area (Å²) in [7, 11) is 0. The Hall–Kier alpha value is -2.15. The summed E-state index contributed by atoms with van der Waals surface area (Å²) in [4.78, 5) is 12.6. The number of fused-ring (bicyclic) bond motifs is 1. The van der Waals surface area contributed by atoms with Crippen LogP contribution in [0.4, 0.5) is 0 Å². The molecule has 116 valence electrons. The van der Waals surface area contributed by atoms with Crippen LogP contribution in [0.3, 0.4) is 0 Å². The van der Waals surface area contributed by atoms with Gasteiger partial charge in [-0.15, -0.1) is 5.10 Å². The van der Waals surface area contributed by atoms with Crippen LogP contribution < -0.4 is 5.32 Å². The largest absolute Gasteiger partial charge is 0.468 e. The summed E-state index contributed by atoms with van der Waals surface area (Å²) in [5.41, 5.74) is 1.74. The number of aromatic nitrogens is 3. The van der Waals surface area contributed by atoms with Crippen LogP contribution in [0.2, 0.25) is 0 Å². The Balaban J connectivity index is 1.51. The lowest BCUT2D eigenvalue weighted by molar-refractivity contribution is 0.0923. The molecule has 2 aromatic heterocycles. The van der Waals surface area contributed by atoms with E-state index in [-0.39, 0.29) is 18.0 Å². The maximum Gasteiger partial charge on any atom is 0.255 e. The highest BCUT2D eigenvalue weighted by Gasteiger charge is 2.33. The molecule has 2 atom stereocenters. The number of hydrogen-bond donors (Lipinski definition) is 1. The Kier molecular flexibility index (Phi) is 3.42. The predicted octanol–water partition coefficient (Wildman–Crippen LogP) is 1.12. The third kappa shape index (κ3) is 2.31. The van der Waals surface area contributed by atoms with Gasteiger partial charge in [-0.2, -0.15) is 0 Å². The maximum atomic E-state index is 12.6. The van der Waals surface area contributed by atoms with Gasteiger partial charge < -0.3 is 14.5 Å². The quantitative estimate of drug-likeness (QED) is 0.918. The normalized spacial score (nSPS) is 24.2. The van der Waals surface area contributed by atoms with Crippen molar-refractivity contribution in [1.82, 2.24) is 20.3 Å². The first kappa shape index (κ1) is 13.5. The highest BCUT2D eigenvalue weighted by molar-refractivity contribution is 5.96. The monoisotopic (exact) mass is 302 g/mol. The molecule has 1 N–H and O–H groups in total. The van der Waals surface area contributed by atoms with Gasteiger partial charge in [0.1, 0.15) is 12.0 Å². The van der Waals surface area contributed by atoms with Gasteiger partial charge >= 0.3 is 0 Å². The maximum absolute atomic E-state index is 12.6. The van der Waals surface area contributed by atoms with Gasteiger partial charge in [-0.1, -0.05) is 5.21 Å². The molecule has 1 aliphatic carbocycles. The van der Waals surface area contributed by atoms with Crippen molar-refractivity contribution in [3.63, 3.8) is 0 Å². The fraction of sp³-hybridized carbons (Fsp3) is 0.533. The summed E-state index contributed by atoms with van der Waals surface area (Å²) in [6.07, 6.45) is 9.10. The van der Waals surface area contributed by atoms with Crippen LogP contribution in [-0.2, 0) is 17.6 Å². The minimum atomic E-state index is -0.108. The summed E-state index contributed by atoms with van der Waals surface area (Å²) < 4.78 is 12.8. The second kappa shape index (κ2) is 5.57. The third-order valence-corrected chi connectivity index (χ3v) is 4.45. The molecule has 0 spiro atoms. The van der Waals surface area contributed by atoms with Crippen LogP contribution in [0.25, 0.3) is 0 Å². The molecule has 7 heteroatoms.